The van der Waals surface area contributed by atoms with E-state index in [4.69, 9.17) is 10.5 Å². The lowest BCUT2D eigenvalue weighted by molar-refractivity contribution is 0.408. The summed E-state index contributed by atoms with van der Waals surface area (Å²) in [6.45, 7) is 0. The highest BCUT2D eigenvalue weighted by molar-refractivity contribution is 9.10. The molecule has 0 spiro atoms. The van der Waals surface area contributed by atoms with Crippen LogP contribution in [0.5, 0.6) is 5.75 Å². The van der Waals surface area contributed by atoms with Gasteiger partial charge in [0.1, 0.15) is 5.75 Å². The summed E-state index contributed by atoms with van der Waals surface area (Å²) in [6.07, 6.45) is 0. The van der Waals surface area contributed by atoms with E-state index in [1.165, 1.54) is 0 Å². The molecule has 1 atom stereocenters. The maximum atomic E-state index is 6.24. The Balaban J connectivity index is 2.41. The molecule has 84 valence electrons. The second kappa shape index (κ2) is 4.99. The summed E-state index contributed by atoms with van der Waals surface area (Å²) in [7, 11) is 1.66. The molecular weight excluding hydrogens is 286 g/mol. The zero-order valence-electron chi connectivity index (χ0n) is 8.81. The summed E-state index contributed by atoms with van der Waals surface area (Å²) < 4.78 is 6.37. The predicted octanol–water partition coefficient (Wildman–Crippen LogP) is 3.57. The Morgan fingerprint density at radius 2 is 2.06 bits per heavy atom. The van der Waals surface area contributed by atoms with Crippen molar-refractivity contribution < 1.29 is 4.74 Å². The second-order valence-corrected chi connectivity index (χ2v) is 5.15. The van der Waals surface area contributed by atoms with Gasteiger partial charge in [-0.05, 0) is 33.4 Å². The summed E-state index contributed by atoms with van der Waals surface area (Å²) in [6, 6.07) is 9.70. The monoisotopic (exact) mass is 297 g/mol. The molecule has 0 saturated carbocycles. The van der Waals surface area contributed by atoms with Crippen molar-refractivity contribution in [3.8, 4) is 5.75 Å². The number of hydrogen-bond acceptors (Lipinski definition) is 3. The zero-order valence-corrected chi connectivity index (χ0v) is 11.2. The first-order valence-electron chi connectivity index (χ1n) is 4.85. The SMILES string of the molecule is COc1ccccc1C(N)c1sccc1Br. The van der Waals surface area contributed by atoms with E-state index in [0.29, 0.717) is 0 Å². The van der Waals surface area contributed by atoms with Crippen molar-refractivity contribution >= 4 is 27.3 Å². The molecule has 4 heteroatoms. The first-order valence-corrected chi connectivity index (χ1v) is 6.52. The van der Waals surface area contributed by atoms with Gasteiger partial charge in [-0.15, -0.1) is 11.3 Å². The Bertz CT molecular complexity index is 483. The van der Waals surface area contributed by atoms with Gasteiger partial charge in [0.2, 0.25) is 0 Å². The lowest BCUT2D eigenvalue weighted by Crippen LogP contribution is -2.11. The van der Waals surface area contributed by atoms with E-state index in [1.807, 2.05) is 35.7 Å². The minimum atomic E-state index is -0.148. The minimum absolute atomic E-state index is 0.148. The van der Waals surface area contributed by atoms with Crippen molar-refractivity contribution in [1.82, 2.24) is 0 Å². The van der Waals surface area contributed by atoms with Crippen LogP contribution in [0.15, 0.2) is 40.2 Å². The van der Waals surface area contributed by atoms with Gasteiger partial charge in [0.25, 0.3) is 0 Å². The summed E-state index contributed by atoms with van der Waals surface area (Å²) in [5.74, 6) is 0.829. The molecule has 2 nitrogen and oxygen atoms in total. The van der Waals surface area contributed by atoms with Crippen LogP contribution in [0, 0.1) is 0 Å². The van der Waals surface area contributed by atoms with Gasteiger partial charge in [0.15, 0.2) is 0 Å². The minimum Gasteiger partial charge on any atom is -0.496 e. The Morgan fingerprint density at radius 3 is 2.69 bits per heavy atom. The van der Waals surface area contributed by atoms with Crippen LogP contribution in [0.1, 0.15) is 16.5 Å². The molecule has 16 heavy (non-hydrogen) atoms. The van der Waals surface area contributed by atoms with E-state index in [1.54, 1.807) is 18.4 Å². The fourth-order valence-electron chi connectivity index (χ4n) is 1.59. The highest BCUT2D eigenvalue weighted by atomic mass is 79.9. The van der Waals surface area contributed by atoms with Gasteiger partial charge in [-0.1, -0.05) is 18.2 Å². The van der Waals surface area contributed by atoms with Crippen LogP contribution in [-0.4, -0.2) is 7.11 Å². The molecule has 2 aromatic rings. The summed E-state index contributed by atoms with van der Waals surface area (Å²) in [5.41, 5.74) is 7.25. The van der Waals surface area contributed by atoms with Gasteiger partial charge < -0.3 is 10.5 Å². The first-order chi connectivity index (χ1) is 7.74. The Kier molecular flexibility index (Phi) is 3.63. The number of nitrogens with two attached hydrogens (primary N) is 1. The molecule has 0 fully saturated rings. The number of benzene rings is 1. The number of rotatable bonds is 3. The standard InChI is InChI=1S/C12H12BrNOS/c1-15-10-5-3-2-4-8(10)11(14)12-9(13)6-7-16-12/h2-7,11H,14H2,1H3. The van der Waals surface area contributed by atoms with Gasteiger partial charge in [-0.3, -0.25) is 0 Å². The lowest BCUT2D eigenvalue weighted by Gasteiger charge is -2.14. The highest BCUT2D eigenvalue weighted by Gasteiger charge is 2.16. The van der Waals surface area contributed by atoms with E-state index in [-0.39, 0.29) is 6.04 Å². The Labute approximate surface area is 107 Å². The number of methoxy groups -OCH3 is 1. The van der Waals surface area contributed by atoms with Crippen molar-refractivity contribution in [2.45, 2.75) is 6.04 Å². The van der Waals surface area contributed by atoms with Crippen molar-refractivity contribution in [2.75, 3.05) is 7.11 Å². The third kappa shape index (κ3) is 2.14. The third-order valence-electron chi connectivity index (χ3n) is 2.40. The van der Waals surface area contributed by atoms with Crippen LogP contribution in [0.4, 0.5) is 0 Å². The average molecular weight is 298 g/mol. The number of ether oxygens (including phenoxy) is 1. The van der Waals surface area contributed by atoms with Gasteiger partial charge >= 0.3 is 0 Å². The molecule has 1 heterocycles. The molecule has 2 rings (SSSR count). The summed E-state index contributed by atoms with van der Waals surface area (Å²) in [4.78, 5) is 1.12. The fourth-order valence-corrected chi connectivity index (χ4v) is 3.23. The molecule has 0 aliphatic rings. The quantitative estimate of drug-likeness (QED) is 0.940. The molecule has 0 amide bonds. The van der Waals surface area contributed by atoms with Crippen molar-refractivity contribution in [3.63, 3.8) is 0 Å². The Hall–Kier alpha value is -0.840. The molecular formula is C12H12BrNOS. The number of halogens is 1. The average Bonchev–Trinajstić information content (AvgIpc) is 2.74. The van der Waals surface area contributed by atoms with E-state index in [2.05, 4.69) is 15.9 Å². The maximum Gasteiger partial charge on any atom is 0.124 e. The van der Waals surface area contributed by atoms with Gasteiger partial charge in [-0.25, -0.2) is 0 Å². The van der Waals surface area contributed by atoms with Gasteiger partial charge in [0.05, 0.1) is 13.2 Å². The molecule has 0 bridgehead atoms. The molecule has 0 radical (unpaired) electrons. The van der Waals surface area contributed by atoms with E-state index in [9.17, 15) is 0 Å². The highest BCUT2D eigenvalue weighted by Crippen LogP contribution is 2.35. The van der Waals surface area contributed by atoms with E-state index >= 15 is 0 Å². The zero-order chi connectivity index (χ0) is 11.5. The van der Waals surface area contributed by atoms with Gasteiger partial charge in [0, 0.05) is 14.9 Å². The molecule has 0 aliphatic heterocycles. The largest absolute Gasteiger partial charge is 0.496 e. The van der Waals surface area contributed by atoms with Gasteiger partial charge in [-0.2, -0.15) is 0 Å². The fraction of sp³-hybridized carbons (Fsp3) is 0.167. The van der Waals surface area contributed by atoms with Crippen molar-refractivity contribution in [1.29, 1.82) is 0 Å². The van der Waals surface area contributed by atoms with Crippen molar-refractivity contribution in [2.24, 2.45) is 5.73 Å². The smallest absolute Gasteiger partial charge is 0.124 e. The third-order valence-corrected chi connectivity index (χ3v) is 4.36. The number of thiophene rings is 1. The number of hydrogen-bond donors (Lipinski definition) is 1. The van der Waals surface area contributed by atoms with Crippen molar-refractivity contribution in [3.05, 3.63) is 50.6 Å². The molecule has 1 aromatic heterocycles. The predicted molar refractivity (Wildman–Crippen MR) is 71.0 cm³/mol. The maximum absolute atomic E-state index is 6.24. The van der Waals surface area contributed by atoms with E-state index in [0.717, 1.165) is 20.7 Å². The van der Waals surface area contributed by atoms with Crippen LogP contribution in [0.3, 0.4) is 0 Å². The Morgan fingerprint density at radius 1 is 1.31 bits per heavy atom. The first kappa shape index (κ1) is 11.6. The van der Waals surface area contributed by atoms with Crippen LogP contribution in [-0.2, 0) is 0 Å². The van der Waals surface area contributed by atoms with E-state index < -0.39 is 0 Å². The summed E-state index contributed by atoms with van der Waals surface area (Å²) in [5, 5.41) is 2.02. The normalized spacial score (nSPS) is 12.4. The molecule has 1 unspecified atom stereocenters. The number of para-hydroxylation sites is 1. The lowest BCUT2D eigenvalue weighted by atomic mass is 10.1. The van der Waals surface area contributed by atoms with Crippen LogP contribution in [0.25, 0.3) is 0 Å². The topological polar surface area (TPSA) is 35.2 Å². The van der Waals surface area contributed by atoms with Crippen LogP contribution in [0.2, 0.25) is 0 Å². The summed E-state index contributed by atoms with van der Waals surface area (Å²) >= 11 is 5.14. The molecule has 1 aromatic carbocycles. The molecule has 2 N–H and O–H groups in total. The second-order valence-electron chi connectivity index (χ2n) is 3.35. The van der Waals surface area contributed by atoms with Crippen LogP contribution < -0.4 is 10.5 Å². The van der Waals surface area contributed by atoms with Crippen LogP contribution >= 0.6 is 27.3 Å². The molecule has 0 aliphatic carbocycles. The molecule has 0 saturated heterocycles.